The van der Waals surface area contributed by atoms with Crippen molar-refractivity contribution in [2.45, 2.75) is 13.8 Å². The Bertz CT molecular complexity index is 918. The molecule has 1 aromatic carbocycles. The van der Waals surface area contributed by atoms with Crippen molar-refractivity contribution in [3.63, 3.8) is 0 Å². The fourth-order valence-corrected chi connectivity index (χ4v) is 3.19. The number of rotatable bonds is 5. The van der Waals surface area contributed by atoms with Crippen LogP contribution in [0.3, 0.4) is 0 Å². The maximum absolute atomic E-state index is 12.6. The van der Waals surface area contributed by atoms with Gasteiger partial charge < -0.3 is 20.4 Å². The van der Waals surface area contributed by atoms with Gasteiger partial charge in [-0.2, -0.15) is 0 Å². The predicted octanol–water partition coefficient (Wildman–Crippen LogP) is 4.11. The normalized spacial score (nSPS) is 10.4. The van der Waals surface area contributed by atoms with Crippen molar-refractivity contribution in [1.29, 1.82) is 0 Å². The first kappa shape index (κ1) is 17.7. The highest BCUT2D eigenvalue weighted by Gasteiger charge is 2.17. The van der Waals surface area contributed by atoms with E-state index in [4.69, 9.17) is 4.42 Å². The zero-order chi connectivity index (χ0) is 18.5. The van der Waals surface area contributed by atoms with Crippen LogP contribution in [0.4, 0.5) is 16.2 Å². The zero-order valence-electron chi connectivity index (χ0n) is 14.3. The number of anilines is 2. The molecule has 8 heteroatoms. The van der Waals surface area contributed by atoms with Crippen LogP contribution in [-0.4, -0.2) is 23.5 Å². The summed E-state index contributed by atoms with van der Waals surface area (Å²) in [6.07, 6.45) is 1.57. The minimum Gasteiger partial charge on any atom is -0.462 e. The highest BCUT2D eigenvalue weighted by atomic mass is 32.1. The lowest BCUT2D eigenvalue weighted by Gasteiger charge is -2.08. The summed E-state index contributed by atoms with van der Waals surface area (Å²) in [7, 11) is 0. The van der Waals surface area contributed by atoms with Gasteiger partial charge in [0.05, 0.1) is 6.26 Å². The van der Waals surface area contributed by atoms with Crippen molar-refractivity contribution in [1.82, 2.24) is 10.3 Å². The lowest BCUT2D eigenvalue weighted by atomic mass is 10.2. The van der Waals surface area contributed by atoms with E-state index in [1.54, 1.807) is 42.7 Å². The van der Waals surface area contributed by atoms with Crippen molar-refractivity contribution >= 4 is 34.6 Å². The summed E-state index contributed by atoms with van der Waals surface area (Å²) < 4.78 is 5.33. The van der Waals surface area contributed by atoms with Gasteiger partial charge in [0.1, 0.15) is 5.69 Å². The van der Waals surface area contributed by atoms with Gasteiger partial charge in [0.15, 0.2) is 10.8 Å². The van der Waals surface area contributed by atoms with Crippen LogP contribution in [0, 0.1) is 6.92 Å². The number of aromatic nitrogens is 1. The molecule has 3 rings (SSSR count). The average molecular weight is 370 g/mol. The summed E-state index contributed by atoms with van der Waals surface area (Å²) in [5.41, 5.74) is 1.50. The molecule has 2 aromatic heterocycles. The number of nitrogens with zero attached hydrogens (tertiary/aromatic N) is 1. The van der Waals surface area contributed by atoms with Gasteiger partial charge in [0.2, 0.25) is 0 Å². The SMILES string of the molecule is CCNC(=O)Nc1cccc(NC(=O)c2nc(-c3ccco3)sc2C)c1. The molecule has 0 saturated carbocycles. The minimum absolute atomic E-state index is 0.297. The van der Waals surface area contributed by atoms with Crippen molar-refractivity contribution in [2.24, 2.45) is 0 Å². The Morgan fingerprint density at radius 3 is 2.62 bits per heavy atom. The average Bonchev–Trinajstić information content (AvgIpc) is 3.24. The van der Waals surface area contributed by atoms with E-state index in [1.807, 2.05) is 13.8 Å². The van der Waals surface area contributed by atoms with E-state index < -0.39 is 0 Å². The monoisotopic (exact) mass is 370 g/mol. The smallest absolute Gasteiger partial charge is 0.319 e. The van der Waals surface area contributed by atoms with Gasteiger partial charge >= 0.3 is 6.03 Å². The van der Waals surface area contributed by atoms with Crippen LogP contribution in [0.1, 0.15) is 22.3 Å². The summed E-state index contributed by atoms with van der Waals surface area (Å²) in [5, 5.41) is 8.81. The fraction of sp³-hybridized carbons (Fsp3) is 0.167. The molecule has 0 atom stereocenters. The number of carbonyl (C=O) groups excluding carboxylic acids is 2. The quantitative estimate of drug-likeness (QED) is 0.630. The molecule has 0 spiro atoms. The summed E-state index contributed by atoms with van der Waals surface area (Å²) in [4.78, 5) is 29.3. The molecule has 26 heavy (non-hydrogen) atoms. The molecule has 0 fully saturated rings. The second-order valence-electron chi connectivity index (χ2n) is 5.42. The second kappa shape index (κ2) is 7.83. The molecule has 3 N–H and O–H groups in total. The van der Waals surface area contributed by atoms with E-state index in [9.17, 15) is 9.59 Å². The van der Waals surface area contributed by atoms with Crippen LogP contribution < -0.4 is 16.0 Å². The molecule has 3 aromatic rings. The third-order valence-corrected chi connectivity index (χ3v) is 4.44. The van der Waals surface area contributed by atoms with Gasteiger partial charge in [-0.1, -0.05) is 6.07 Å². The van der Waals surface area contributed by atoms with Crippen LogP contribution in [0.2, 0.25) is 0 Å². The minimum atomic E-state index is -0.313. The van der Waals surface area contributed by atoms with E-state index in [0.717, 1.165) is 4.88 Å². The number of furan rings is 1. The number of urea groups is 1. The first-order chi connectivity index (χ1) is 12.6. The Labute approximate surface area is 154 Å². The van der Waals surface area contributed by atoms with E-state index in [0.29, 0.717) is 34.4 Å². The van der Waals surface area contributed by atoms with Gasteiger partial charge in [-0.25, -0.2) is 9.78 Å². The first-order valence-corrected chi connectivity index (χ1v) is 8.86. The molecular weight excluding hydrogens is 352 g/mol. The molecular formula is C18H18N4O3S. The highest BCUT2D eigenvalue weighted by molar-refractivity contribution is 7.15. The predicted molar refractivity (Wildman–Crippen MR) is 102 cm³/mol. The Morgan fingerprint density at radius 1 is 1.15 bits per heavy atom. The molecule has 134 valence electrons. The molecule has 2 heterocycles. The molecule has 7 nitrogen and oxygen atoms in total. The Hall–Kier alpha value is -3.13. The second-order valence-corrected chi connectivity index (χ2v) is 6.62. The van der Waals surface area contributed by atoms with Crippen molar-refractivity contribution in [3.8, 4) is 10.8 Å². The Morgan fingerprint density at radius 2 is 1.92 bits per heavy atom. The van der Waals surface area contributed by atoms with E-state index >= 15 is 0 Å². The van der Waals surface area contributed by atoms with Gasteiger partial charge in [-0.05, 0) is 44.2 Å². The molecule has 0 unspecified atom stereocenters. The van der Waals surface area contributed by atoms with Gasteiger partial charge in [0.25, 0.3) is 5.91 Å². The molecule has 0 bridgehead atoms. The first-order valence-electron chi connectivity index (χ1n) is 8.04. The number of nitrogens with one attached hydrogen (secondary N) is 3. The topological polar surface area (TPSA) is 96.3 Å². The van der Waals surface area contributed by atoms with E-state index in [2.05, 4.69) is 20.9 Å². The number of aryl methyl sites for hydroxylation is 1. The van der Waals surface area contributed by atoms with Crippen LogP contribution in [0.5, 0.6) is 0 Å². The summed E-state index contributed by atoms with van der Waals surface area (Å²) in [5.74, 6) is 0.317. The summed E-state index contributed by atoms with van der Waals surface area (Å²) in [6, 6.07) is 10.2. The van der Waals surface area contributed by atoms with Crippen molar-refractivity contribution in [2.75, 3.05) is 17.2 Å². The molecule has 3 amide bonds. The Kier molecular flexibility index (Phi) is 5.33. The lowest BCUT2D eigenvalue weighted by Crippen LogP contribution is -2.28. The third kappa shape index (κ3) is 4.09. The third-order valence-electron chi connectivity index (χ3n) is 3.46. The van der Waals surface area contributed by atoms with Crippen LogP contribution in [-0.2, 0) is 0 Å². The molecule has 0 saturated heterocycles. The molecule has 0 aliphatic heterocycles. The van der Waals surface area contributed by atoms with Crippen LogP contribution in [0.15, 0.2) is 47.1 Å². The fourth-order valence-electron chi connectivity index (χ4n) is 2.31. The number of benzene rings is 1. The number of hydrogen-bond donors (Lipinski definition) is 3. The number of thiazole rings is 1. The lowest BCUT2D eigenvalue weighted by molar-refractivity contribution is 0.102. The molecule has 0 aliphatic rings. The van der Waals surface area contributed by atoms with Crippen molar-refractivity contribution in [3.05, 3.63) is 53.2 Å². The largest absolute Gasteiger partial charge is 0.462 e. The van der Waals surface area contributed by atoms with Crippen LogP contribution in [0.25, 0.3) is 10.8 Å². The van der Waals surface area contributed by atoms with Gasteiger partial charge in [-0.3, -0.25) is 4.79 Å². The molecule has 0 radical (unpaired) electrons. The Balaban J connectivity index is 1.73. The maximum atomic E-state index is 12.6. The standard InChI is InChI=1S/C18H18N4O3S/c1-3-19-18(24)21-13-7-4-6-12(10-13)20-16(23)15-11(2)26-17(22-15)14-8-5-9-25-14/h4-10H,3H2,1-2H3,(H,20,23)(H2,19,21,24). The number of carbonyl (C=O) groups is 2. The summed E-state index contributed by atoms with van der Waals surface area (Å²) in [6.45, 7) is 4.21. The maximum Gasteiger partial charge on any atom is 0.319 e. The molecule has 0 aliphatic carbocycles. The highest BCUT2D eigenvalue weighted by Crippen LogP contribution is 2.28. The van der Waals surface area contributed by atoms with Crippen molar-refractivity contribution < 1.29 is 14.0 Å². The van der Waals surface area contributed by atoms with Crippen LogP contribution >= 0.6 is 11.3 Å². The number of hydrogen-bond acceptors (Lipinski definition) is 5. The van der Waals surface area contributed by atoms with E-state index in [1.165, 1.54) is 11.3 Å². The number of amides is 3. The van der Waals surface area contributed by atoms with Gasteiger partial charge in [0, 0.05) is 22.8 Å². The zero-order valence-corrected chi connectivity index (χ0v) is 15.1. The summed E-state index contributed by atoms with van der Waals surface area (Å²) >= 11 is 1.40. The van der Waals surface area contributed by atoms with Gasteiger partial charge in [-0.15, -0.1) is 11.3 Å². The van der Waals surface area contributed by atoms with E-state index in [-0.39, 0.29) is 11.9 Å².